The Balaban J connectivity index is 1.81. The third-order valence-electron chi connectivity index (χ3n) is 5.41. The second-order valence-electron chi connectivity index (χ2n) is 8.33. The van der Waals surface area contributed by atoms with Gasteiger partial charge < -0.3 is 14.9 Å². The molecule has 1 unspecified atom stereocenters. The van der Waals surface area contributed by atoms with Crippen molar-refractivity contribution in [2.75, 3.05) is 0 Å². The first-order chi connectivity index (χ1) is 14.6. The summed E-state index contributed by atoms with van der Waals surface area (Å²) in [5.41, 5.74) is 6.36. The van der Waals surface area contributed by atoms with E-state index in [0.717, 1.165) is 0 Å². The summed E-state index contributed by atoms with van der Waals surface area (Å²) < 4.78 is 11.6. The largest absolute Gasteiger partial charge is 0.460 e. The first-order valence-electron chi connectivity index (χ1n) is 9.49. The molecule has 9 heteroatoms. The number of nitriles is 1. The number of nitrogens with zero attached hydrogens (tertiary/aromatic N) is 2. The van der Waals surface area contributed by atoms with Crippen molar-refractivity contribution in [3.63, 3.8) is 0 Å². The molecular formula is C22H18ClN3O5. The number of allylic oxidation sites excluding steroid dienone is 3. The molecule has 0 saturated carbocycles. The molecule has 2 heterocycles. The quantitative estimate of drug-likeness (QED) is 0.527. The average molecular weight is 440 g/mol. The van der Waals surface area contributed by atoms with Gasteiger partial charge >= 0.3 is 0 Å². The number of hydrogen-bond donors (Lipinski definition) is 1. The lowest BCUT2D eigenvalue weighted by atomic mass is 9.71. The van der Waals surface area contributed by atoms with Crippen LogP contribution in [-0.2, 0) is 9.53 Å². The Morgan fingerprint density at radius 1 is 1.29 bits per heavy atom. The summed E-state index contributed by atoms with van der Waals surface area (Å²) in [5.74, 6) is 0.128. The number of halogens is 1. The molecule has 2 aromatic rings. The fourth-order valence-corrected chi connectivity index (χ4v) is 4.22. The molecule has 1 aliphatic carbocycles. The fraction of sp³-hybridized carbons (Fsp3) is 0.273. The van der Waals surface area contributed by atoms with E-state index in [4.69, 9.17) is 26.5 Å². The van der Waals surface area contributed by atoms with Crippen LogP contribution >= 0.6 is 11.6 Å². The Kier molecular flexibility index (Phi) is 4.86. The van der Waals surface area contributed by atoms with Crippen molar-refractivity contribution in [3.8, 4) is 17.4 Å². The molecule has 1 aromatic carbocycles. The third kappa shape index (κ3) is 3.57. The van der Waals surface area contributed by atoms with Gasteiger partial charge in [-0.25, -0.2) is 0 Å². The van der Waals surface area contributed by atoms with Gasteiger partial charge in [0.15, 0.2) is 5.78 Å². The molecule has 1 atom stereocenters. The number of benzene rings is 1. The number of hydrogen-bond acceptors (Lipinski definition) is 7. The number of nitro benzene ring substituents is 1. The van der Waals surface area contributed by atoms with E-state index in [1.165, 1.54) is 12.1 Å². The summed E-state index contributed by atoms with van der Waals surface area (Å²) >= 11 is 5.89. The molecule has 0 spiro atoms. The predicted octanol–water partition coefficient (Wildman–Crippen LogP) is 4.96. The maximum absolute atomic E-state index is 13.0. The van der Waals surface area contributed by atoms with E-state index in [2.05, 4.69) is 0 Å². The molecule has 158 valence electrons. The van der Waals surface area contributed by atoms with Crippen LogP contribution in [-0.4, -0.2) is 10.7 Å². The van der Waals surface area contributed by atoms with Gasteiger partial charge in [0.1, 0.15) is 33.9 Å². The van der Waals surface area contributed by atoms with E-state index in [-0.39, 0.29) is 33.4 Å². The van der Waals surface area contributed by atoms with Crippen LogP contribution in [0.4, 0.5) is 5.69 Å². The summed E-state index contributed by atoms with van der Waals surface area (Å²) in [7, 11) is 0. The highest BCUT2D eigenvalue weighted by Gasteiger charge is 2.44. The van der Waals surface area contributed by atoms with E-state index in [1.54, 1.807) is 18.2 Å². The lowest BCUT2D eigenvalue weighted by Gasteiger charge is -2.36. The molecule has 1 aromatic heterocycles. The smallest absolute Gasteiger partial charge is 0.288 e. The van der Waals surface area contributed by atoms with Crippen LogP contribution in [0.5, 0.6) is 0 Å². The maximum Gasteiger partial charge on any atom is 0.288 e. The Morgan fingerprint density at radius 2 is 2.03 bits per heavy atom. The van der Waals surface area contributed by atoms with E-state index in [9.17, 15) is 20.2 Å². The monoisotopic (exact) mass is 439 g/mol. The van der Waals surface area contributed by atoms with Crippen LogP contribution in [0, 0.1) is 26.9 Å². The molecule has 1 aliphatic heterocycles. The summed E-state index contributed by atoms with van der Waals surface area (Å²) in [5, 5.41) is 20.9. The number of furan rings is 1. The molecule has 0 fully saturated rings. The molecule has 2 aliphatic rings. The minimum absolute atomic E-state index is 0.0117. The second-order valence-corrected chi connectivity index (χ2v) is 8.74. The number of ether oxygens (including phenoxy) is 1. The SMILES string of the molecule is CC1(C)CC(=O)C2=C(C1)OC(N)=C(C#N)C2c1ccc(-c2ccc(Cl)c([N+](=O)[O-])c2)o1. The molecular weight excluding hydrogens is 422 g/mol. The topological polar surface area (TPSA) is 132 Å². The number of nitro groups is 1. The number of Topliss-reactive ketones (excluding diaryl/α,β-unsaturated/α-hetero) is 1. The van der Waals surface area contributed by atoms with Crippen molar-refractivity contribution in [2.24, 2.45) is 11.1 Å². The highest BCUT2D eigenvalue weighted by molar-refractivity contribution is 6.32. The molecule has 31 heavy (non-hydrogen) atoms. The lowest BCUT2D eigenvalue weighted by molar-refractivity contribution is -0.384. The molecule has 0 saturated heterocycles. The third-order valence-corrected chi connectivity index (χ3v) is 5.73. The van der Waals surface area contributed by atoms with Crippen LogP contribution in [0.1, 0.15) is 38.4 Å². The van der Waals surface area contributed by atoms with E-state index in [0.29, 0.717) is 41.3 Å². The van der Waals surface area contributed by atoms with Gasteiger partial charge in [-0.1, -0.05) is 25.4 Å². The van der Waals surface area contributed by atoms with Gasteiger partial charge in [0.2, 0.25) is 5.88 Å². The Hall–Kier alpha value is -3.57. The lowest BCUT2D eigenvalue weighted by Crippen LogP contribution is -2.33. The number of nitrogens with two attached hydrogens (primary N) is 1. The predicted molar refractivity (Wildman–Crippen MR) is 112 cm³/mol. The highest BCUT2D eigenvalue weighted by atomic mass is 35.5. The summed E-state index contributed by atoms with van der Waals surface area (Å²) in [6.45, 7) is 3.93. The zero-order valence-electron chi connectivity index (χ0n) is 16.8. The minimum Gasteiger partial charge on any atom is -0.460 e. The molecule has 8 nitrogen and oxygen atoms in total. The van der Waals surface area contributed by atoms with Crippen LogP contribution in [0.25, 0.3) is 11.3 Å². The average Bonchev–Trinajstić information content (AvgIpc) is 3.15. The van der Waals surface area contributed by atoms with Gasteiger partial charge in [-0.3, -0.25) is 14.9 Å². The Morgan fingerprint density at radius 3 is 2.71 bits per heavy atom. The molecule has 0 amide bonds. The maximum atomic E-state index is 13.0. The van der Waals surface area contributed by atoms with Crippen LogP contribution < -0.4 is 5.73 Å². The molecule has 0 radical (unpaired) electrons. The number of carbonyl (C=O) groups excluding carboxylic acids is 1. The first-order valence-corrected chi connectivity index (χ1v) is 9.87. The number of ketones is 1. The van der Waals surface area contributed by atoms with Crippen molar-refractivity contribution in [2.45, 2.75) is 32.6 Å². The van der Waals surface area contributed by atoms with Crippen molar-refractivity contribution >= 4 is 23.1 Å². The summed E-state index contributed by atoms with van der Waals surface area (Å²) in [6, 6.07) is 9.61. The van der Waals surface area contributed by atoms with Gasteiger partial charge in [0, 0.05) is 30.0 Å². The van der Waals surface area contributed by atoms with Gasteiger partial charge in [-0.15, -0.1) is 0 Å². The van der Waals surface area contributed by atoms with E-state index >= 15 is 0 Å². The van der Waals surface area contributed by atoms with E-state index < -0.39 is 10.8 Å². The Bertz CT molecular complexity index is 1230. The van der Waals surface area contributed by atoms with Crippen LogP contribution in [0.3, 0.4) is 0 Å². The normalized spacial score (nSPS) is 20.2. The second kappa shape index (κ2) is 7.29. The minimum atomic E-state index is -0.798. The molecule has 0 bridgehead atoms. The standard InChI is InChI=1S/C22H18ClN3O5/c1-22(2)8-15(27)20-18(9-22)31-21(25)12(10-24)19(20)17-6-5-16(30-17)11-3-4-13(23)14(7-11)26(28)29/h3-7,19H,8-9,25H2,1-2H3. The van der Waals surface area contributed by atoms with Crippen LogP contribution in [0.15, 0.2) is 57.5 Å². The van der Waals surface area contributed by atoms with Gasteiger partial charge in [-0.05, 0) is 29.7 Å². The first kappa shape index (κ1) is 20.7. The van der Waals surface area contributed by atoms with Gasteiger partial charge in [0.25, 0.3) is 5.69 Å². The number of carbonyl (C=O) groups is 1. The summed E-state index contributed by atoms with van der Waals surface area (Å²) in [6.07, 6.45) is 0.808. The van der Waals surface area contributed by atoms with Crippen molar-refractivity contribution in [1.29, 1.82) is 5.26 Å². The Labute approximate surface area is 182 Å². The number of rotatable bonds is 3. The molecule has 2 N–H and O–H groups in total. The zero-order valence-corrected chi connectivity index (χ0v) is 17.5. The highest BCUT2D eigenvalue weighted by Crippen LogP contribution is 2.48. The molecule has 4 rings (SSSR count). The zero-order chi connectivity index (χ0) is 22.5. The van der Waals surface area contributed by atoms with Crippen molar-refractivity contribution in [3.05, 3.63) is 74.0 Å². The van der Waals surface area contributed by atoms with Gasteiger partial charge in [-0.2, -0.15) is 5.26 Å². The van der Waals surface area contributed by atoms with Crippen molar-refractivity contribution < 1.29 is 18.9 Å². The van der Waals surface area contributed by atoms with Crippen molar-refractivity contribution in [1.82, 2.24) is 0 Å². The van der Waals surface area contributed by atoms with Crippen LogP contribution in [0.2, 0.25) is 5.02 Å². The summed E-state index contributed by atoms with van der Waals surface area (Å²) in [4.78, 5) is 23.6. The van der Waals surface area contributed by atoms with E-state index in [1.807, 2.05) is 19.9 Å². The van der Waals surface area contributed by atoms with Gasteiger partial charge in [0.05, 0.1) is 10.8 Å². The fourth-order valence-electron chi connectivity index (χ4n) is 4.04.